The van der Waals surface area contributed by atoms with Crippen molar-refractivity contribution in [2.75, 3.05) is 4.90 Å². The molecule has 13 heavy (non-hydrogen) atoms. The SMILES string of the molecule is Brc1ccc(N2C3CCCC32)cc1. The van der Waals surface area contributed by atoms with Crippen LogP contribution in [0.3, 0.4) is 0 Å². The molecule has 0 amide bonds. The monoisotopic (exact) mass is 237 g/mol. The highest BCUT2D eigenvalue weighted by molar-refractivity contribution is 9.10. The van der Waals surface area contributed by atoms with E-state index in [9.17, 15) is 0 Å². The maximum absolute atomic E-state index is 3.46. The molecule has 1 saturated carbocycles. The molecule has 2 atom stereocenters. The lowest BCUT2D eigenvalue weighted by Gasteiger charge is -2.08. The summed E-state index contributed by atoms with van der Waals surface area (Å²) >= 11 is 3.46. The minimum Gasteiger partial charge on any atom is -0.361 e. The molecular weight excluding hydrogens is 226 g/mol. The maximum Gasteiger partial charge on any atom is 0.0497 e. The van der Waals surface area contributed by atoms with Crippen molar-refractivity contribution in [3.05, 3.63) is 28.7 Å². The highest BCUT2D eigenvalue weighted by Gasteiger charge is 2.50. The molecule has 68 valence electrons. The van der Waals surface area contributed by atoms with E-state index >= 15 is 0 Å². The number of piperidine rings is 1. The first-order valence-corrected chi connectivity index (χ1v) is 5.69. The normalized spacial score (nSPS) is 30.4. The summed E-state index contributed by atoms with van der Waals surface area (Å²) in [6.07, 6.45) is 4.24. The van der Waals surface area contributed by atoms with Crippen molar-refractivity contribution in [3.8, 4) is 0 Å². The zero-order chi connectivity index (χ0) is 8.84. The Morgan fingerprint density at radius 2 is 1.69 bits per heavy atom. The molecule has 1 saturated heterocycles. The number of hydrogen-bond acceptors (Lipinski definition) is 1. The minimum atomic E-state index is 0.876. The van der Waals surface area contributed by atoms with Gasteiger partial charge in [0, 0.05) is 22.2 Å². The average molecular weight is 238 g/mol. The zero-order valence-electron chi connectivity index (χ0n) is 7.41. The van der Waals surface area contributed by atoms with Gasteiger partial charge in [-0.3, -0.25) is 0 Å². The van der Waals surface area contributed by atoms with Crippen molar-refractivity contribution in [1.29, 1.82) is 0 Å². The van der Waals surface area contributed by atoms with Gasteiger partial charge in [-0.2, -0.15) is 0 Å². The Balaban J connectivity index is 1.83. The molecule has 0 bridgehead atoms. The van der Waals surface area contributed by atoms with Crippen LogP contribution in [0.25, 0.3) is 0 Å². The standard InChI is InChI=1S/C11H12BrN/c12-8-4-6-9(7-5-8)13-10-2-1-3-11(10)13/h4-7,10-11H,1-3H2. The van der Waals surface area contributed by atoms with Crippen molar-refractivity contribution in [2.24, 2.45) is 0 Å². The lowest BCUT2D eigenvalue weighted by Crippen LogP contribution is -2.02. The first-order chi connectivity index (χ1) is 6.36. The van der Waals surface area contributed by atoms with Gasteiger partial charge in [0.15, 0.2) is 0 Å². The summed E-state index contributed by atoms with van der Waals surface area (Å²) in [7, 11) is 0. The van der Waals surface area contributed by atoms with E-state index in [1.165, 1.54) is 29.4 Å². The Morgan fingerprint density at radius 3 is 2.31 bits per heavy atom. The molecule has 1 aliphatic heterocycles. The number of hydrogen-bond donors (Lipinski definition) is 0. The summed E-state index contributed by atoms with van der Waals surface area (Å²) < 4.78 is 1.17. The van der Waals surface area contributed by atoms with E-state index in [0.29, 0.717) is 0 Å². The molecule has 1 nitrogen and oxygen atoms in total. The molecule has 2 unspecified atom stereocenters. The Morgan fingerprint density at radius 1 is 1.08 bits per heavy atom. The molecule has 1 aromatic carbocycles. The number of halogens is 1. The largest absolute Gasteiger partial charge is 0.361 e. The number of rotatable bonds is 1. The van der Waals surface area contributed by atoms with Crippen LogP contribution in [0.5, 0.6) is 0 Å². The summed E-state index contributed by atoms with van der Waals surface area (Å²) in [5.74, 6) is 0. The molecular formula is C11H12BrN. The van der Waals surface area contributed by atoms with E-state index in [1.807, 2.05) is 0 Å². The second kappa shape index (κ2) is 2.74. The third kappa shape index (κ3) is 1.19. The Kier molecular flexibility index (Phi) is 1.66. The predicted molar refractivity (Wildman–Crippen MR) is 58.0 cm³/mol. The first kappa shape index (κ1) is 7.86. The van der Waals surface area contributed by atoms with Crippen LogP contribution < -0.4 is 4.90 Å². The molecule has 2 fully saturated rings. The van der Waals surface area contributed by atoms with E-state index in [0.717, 1.165) is 12.1 Å². The third-order valence-corrected chi connectivity index (χ3v) is 3.72. The van der Waals surface area contributed by atoms with Gasteiger partial charge in [-0.05, 0) is 43.5 Å². The fourth-order valence-electron chi connectivity index (χ4n) is 2.53. The van der Waals surface area contributed by atoms with Crippen molar-refractivity contribution >= 4 is 21.6 Å². The fraction of sp³-hybridized carbons (Fsp3) is 0.455. The Labute approximate surface area is 86.9 Å². The highest BCUT2D eigenvalue weighted by atomic mass is 79.9. The lowest BCUT2D eigenvalue weighted by molar-refractivity contribution is 0.777. The predicted octanol–water partition coefficient (Wildman–Crippen LogP) is 3.19. The van der Waals surface area contributed by atoms with Crippen LogP contribution in [-0.2, 0) is 0 Å². The van der Waals surface area contributed by atoms with E-state index in [4.69, 9.17) is 0 Å². The molecule has 1 heterocycles. The Hall–Kier alpha value is -0.500. The topological polar surface area (TPSA) is 3.01 Å². The van der Waals surface area contributed by atoms with E-state index < -0.39 is 0 Å². The molecule has 0 radical (unpaired) electrons. The van der Waals surface area contributed by atoms with E-state index in [-0.39, 0.29) is 0 Å². The van der Waals surface area contributed by atoms with Crippen LogP contribution in [0, 0.1) is 0 Å². The van der Waals surface area contributed by atoms with Gasteiger partial charge in [0.25, 0.3) is 0 Å². The average Bonchev–Trinajstić information content (AvgIpc) is 2.63. The number of benzene rings is 1. The highest BCUT2D eigenvalue weighted by Crippen LogP contribution is 2.45. The molecule has 0 spiro atoms. The molecule has 1 aliphatic carbocycles. The molecule has 1 aromatic rings. The summed E-state index contributed by atoms with van der Waals surface area (Å²) in [5.41, 5.74) is 1.40. The molecule has 0 N–H and O–H groups in total. The van der Waals surface area contributed by atoms with Gasteiger partial charge in [0.2, 0.25) is 0 Å². The van der Waals surface area contributed by atoms with Crippen molar-refractivity contribution < 1.29 is 0 Å². The van der Waals surface area contributed by atoms with Crippen LogP contribution in [0.4, 0.5) is 5.69 Å². The van der Waals surface area contributed by atoms with Crippen LogP contribution in [0.15, 0.2) is 28.7 Å². The molecule has 0 aromatic heterocycles. The van der Waals surface area contributed by atoms with Crippen LogP contribution in [0.2, 0.25) is 0 Å². The summed E-state index contributed by atoms with van der Waals surface area (Å²) in [5, 5.41) is 0. The van der Waals surface area contributed by atoms with Crippen LogP contribution >= 0.6 is 15.9 Å². The van der Waals surface area contributed by atoms with Crippen molar-refractivity contribution in [1.82, 2.24) is 0 Å². The minimum absolute atomic E-state index is 0.876. The van der Waals surface area contributed by atoms with Crippen molar-refractivity contribution in [3.63, 3.8) is 0 Å². The van der Waals surface area contributed by atoms with Gasteiger partial charge in [0.05, 0.1) is 0 Å². The first-order valence-electron chi connectivity index (χ1n) is 4.90. The molecule has 3 rings (SSSR count). The van der Waals surface area contributed by atoms with E-state index in [2.05, 4.69) is 45.1 Å². The van der Waals surface area contributed by atoms with Gasteiger partial charge < -0.3 is 4.90 Å². The summed E-state index contributed by atoms with van der Waals surface area (Å²) in [4.78, 5) is 2.55. The van der Waals surface area contributed by atoms with Gasteiger partial charge in [-0.25, -0.2) is 0 Å². The van der Waals surface area contributed by atoms with Gasteiger partial charge in [-0.1, -0.05) is 15.9 Å². The quantitative estimate of drug-likeness (QED) is 0.679. The van der Waals surface area contributed by atoms with Gasteiger partial charge in [0.1, 0.15) is 0 Å². The third-order valence-electron chi connectivity index (χ3n) is 3.19. The molecule has 2 heteroatoms. The maximum atomic E-state index is 3.46. The van der Waals surface area contributed by atoms with Crippen LogP contribution in [0.1, 0.15) is 19.3 Å². The zero-order valence-corrected chi connectivity index (χ0v) is 9.00. The molecule has 2 aliphatic rings. The second-order valence-electron chi connectivity index (χ2n) is 3.95. The van der Waals surface area contributed by atoms with Gasteiger partial charge >= 0.3 is 0 Å². The van der Waals surface area contributed by atoms with Gasteiger partial charge in [-0.15, -0.1) is 0 Å². The summed E-state index contributed by atoms with van der Waals surface area (Å²) in [6, 6.07) is 10.4. The smallest absolute Gasteiger partial charge is 0.0497 e. The number of anilines is 1. The second-order valence-corrected chi connectivity index (χ2v) is 4.86. The van der Waals surface area contributed by atoms with Crippen molar-refractivity contribution in [2.45, 2.75) is 31.3 Å². The fourth-order valence-corrected chi connectivity index (χ4v) is 2.79. The lowest BCUT2D eigenvalue weighted by atomic mass is 10.3. The van der Waals surface area contributed by atoms with E-state index in [1.54, 1.807) is 0 Å². The number of nitrogens with zero attached hydrogens (tertiary/aromatic N) is 1. The Bertz CT molecular complexity index is 309. The summed E-state index contributed by atoms with van der Waals surface area (Å²) in [6.45, 7) is 0. The van der Waals surface area contributed by atoms with Crippen LogP contribution in [-0.4, -0.2) is 12.1 Å². The number of fused-ring (bicyclic) bond motifs is 1.